The van der Waals surface area contributed by atoms with Crippen molar-refractivity contribution in [2.24, 2.45) is 0 Å². The van der Waals surface area contributed by atoms with Gasteiger partial charge in [-0.15, -0.1) is 11.8 Å². The van der Waals surface area contributed by atoms with Crippen molar-refractivity contribution in [3.8, 4) is 0 Å². The first-order valence-electron chi connectivity index (χ1n) is 10.3. The number of nitrogens with zero attached hydrogens (tertiary/aromatic N) is 2. The van der Waals surface area contributed by atoms with E-state index in [0.29, 0.717) is 44.0 Å². The van der Waals surface area contributed by atoms with Crippen LogP contribution in [0.25, 0.3) is 0 Å². The molecular formula is C23H27N3O4S. The van der Waals surface area contributed by atoms with Crippen molar-refractivity contribution in [3.63, 3.8) is 0 Å². The molecule has 2 aromatic rings. The molecule has 1 aliphatic heterocycles. The highest BCUT2D eigenvalue weighted by Crippen LogP contribution is 2.21. The Morgan fingerprint density at radius 1 is 0.968 bits per heavy atom. The lowest BCUT2D eigenvalue weighted by molar-refractivity contribution is -0.113. The van der Waals surface area contributed by atoms with Gasteiger partial charge in [0.25, 0.3) is 5.91 Å². The highest BCUT2D eigenvalue weighted by Gasteiger charge is 2.26. The zero-order chi connectivity index (χ0) is 22.2. The van der Waals surface area contributed by atoms with Gasteiger partial charge in [-0.05, 0) is 38.1 Å². The summed E-state index contributed by atoms with van der Waals surface area (Å²) in [4.78, 5) is 41.7. The number of ether oxygens (including phenoxy) is 1. The van der Waals surface area contributed by atoms with Crippen LogP contribution in [0.15, 0.2) is 53.4 Å². The lowest BCUT2D eigenvalue weighted by Gasteiger charge is -2.34. The van der Waals surface area contributed by atoms with E-state index in [-0.39, 0.29) is 23.7 Å². The Morgan fingerprint density at radius 2 is 1.61 bits per heavy atom. The first-order chi connectivity index (χ1) is 15.0. The Balaban J connectivity index is 1.58. The van der Waals surface area contributed by atoms with Crippen LogP contribution in [0, 0.1) is 6.92 Å². The normalized spacial score (nSPS) is 13.6. The molecule has 1 N–H and O–H groups in total. The summed E-state index contributed by atoms with van der Waals surface area (Å²) in [7, 11) is 0. The molecule has 1 fully saturated rings. The molecule has 1 aliphatic rings. The molecule has 0 radical (unpaired) electrons. The quantitative estimate of drug-likeness (QED) is 0.693. The Labute approximate surface area is 186 Å². The number of amides is 3. The van der Waals surface area contributed by atoms with E-state index in [1.54, 1.807) is 41.0 Å². The maximum atomic E-state index is 13.1. The fourth-order valence-electron chi connectivity index (χ4n) is 3.23. The number of anilines is 1. The van der Waals surface area contributed by atoms with Crippen LogP contribution >= 0.6 is 11.8 Å². The number of para-hydroxylation sites is 1. The molecule has 3 rings (SSSR count). The van der Waals surface area contributed by atoms with Crippen LogP contribution in [-0.4, -0.2) is 66.2 Å². The summed E-state index contributed by atoms with van der Waals surface area (Å²) in [5, 5.41) is 2.86. The molecule has 31 heavy (non-hydrogen) atoms. The minimum absolute atomic E-state index is 0.161. The van der Waals surface area contributed by atoms with Crippen molar-refractivity contribution < 1.29 is 19.1 Å². The summed E-state index contributed by atoms with van der Waals surface area (Å²) in [6.07, 6.45) is -0.353. The fraction of sp³-hybridized carbons (Fsp3) is 0.348. The first kappa shape index (κ1) is 22.7. The molecule has 3 amide bonds. The topological polar surface area (TPSA) is 79.0 Å². The van der Waals surface area contributed by atoms with Crippen molar-refractivity contribution in [1.82, 2.24) is 9.80 Å². The van der Waals surface area contributed by atoms with Gasteiger partial charge in [-0.25, -0.2) is 4.79 Å². The average molecular weight is 442 g/mol. The van der Waals surface area contributed by atoms with Gasteiger partial charge < -0.3 is 19.9 Å². The lowest BCUT2D eigenvalue weighted by Crippen LogP contribution is -2.50. The van der Waals surface area contributed by atoms with Crippen LogP contribution in [0.3, 0.4) is 0 Å². The maximum absolute atomic E-state index is 13.1. The number of aryl methyl sites for hydroxylation is 1. The monoisotopic (exact) mass is 441 g/mol. The number of hydrogen-bond donors (Lipinski definition) is 1. The number of thioether (sulfide) groups is 1. The molecule has 1 saturated heterocycles. The van der Waals surface area contributed by atoms with Gasteiger partial charge in [0, 0.05) is 31.1 Å². The molecular weight excluding hydrogens is 414 g/mol. The molecule has 0 unspecified atom stereocenters. The van der Waals surface area contributed by atoms with Gasteiger partial charge >= 0.3 is 6.09 Å². The summed E-state index contributed by atoms with van der Waals surface area (Å²) in [5.74, 6) is -0.0763. The minimum Gasteiger partial charge on any atom is -0.450 e. The molecule has 7 nitrogen and oxygen atoms in total. The second-order valence-electron chi connectivity index (χ2n) is 7.17. The zero-order valence-electron chi connectivity index (χ0n) is 17.8. The molecule has 164 valence electrons. The Bertz CT molecular complexity index is 925. The van der Waals surface area contributed by atoms with Gasteiger partial charge in [0.05, 0.1) is 23.6 Å². The van der Waals surface area contributed by atoms with E-state index in [1.807, 2.05) is 31.2 Å². The van der Waals surface area contributed by atoms with E-state index >= 15 is 0 Å². The van der Waals surface area contributed by atoms with Crippen LogP contribution in [0.5, 0.6) is 0 Å². The van der Waals surface area contributed by atoms with E-state index in [2.05, 4.69) is 5.32 Å². The third-order valence-electron chi connectivity index (χ3n) is 4.92. The number of hydrogen-bond acceptors (Lipinski definition) is 5. The third-order valence-corrected chi connectivity index (χ3v) is 5.93. The predicted octanol–water partition coefficient (Wildman–Crippen LogP) is 3.64. The van der Waals surface area contributed by atoms with Gasteiger partial charge in [0.15, 0.2) is 0 Å². The highest BCUT2D eigenvalue weighted by molar-refractivity contribution is 8.00. The molecule has 1 heterocycles. The lowest BCUT2D eigenvalue weighted by atomic mass is 10.1. The summed E-state index contributed by atoms with van der Waals surface area (Å²) < 4.78 is 5.02. The number of benzene rings is 2. The van der Waals surface area contributed by atoms with Crippen LogP contribution < -0.4 is 5.32 Å². The van der Waals surface area contributed by atoms with Crippen molar-refractivity contribution in [2.75, 3.05) is 43.9 Å². The summed E-state index contributed by atoms with van der Waals surface area (Å²) in [5.41, 5.74) is 2.11. The largest absolute Gasteiger partial charge is 0.450 e. The fourth-order valence-corrected chi connectivity index (χ4v) is 3.92. The molecule has 8 heteroatoms. The maximum Gasteiger partial charge on any atom is 0.409 e. The summed E-state index contributed by atoms with van der Waals surface area (Å²) in [6.45, 7) is 5.80. The standard InChI is InChI=1S/C23H27N3O4S/c1-3-30-23(29)26-14-12-25(13-15-26)22(28)19-6-4-5-7-20(19)24-21(27)16-31-18-10-8-17(2)9-11-18/h4-11H,3,12-16H2,1-2H3,(H,24,27). The molecule has 2 aromatic carbocycles. The Morgan fingerprint density at radius 3 is 2.29 bits per heavy atom. The SMILES string of the molecule is CCOC(=O)N1CCN(C(=O)c2ccccc2NC(=O)CSc2ccc(C)cc2)CC1. The van der Waals surface area contributed by atoms with E-state index < -0.39 is 0 Å². The van der Waals surface area contributed by atoms with Crippen molar-refractivity contribution in [3.05, 3.63) is 59.7 Å². The third kappa shape index (κ3) is 6.24. The van der Waals surface area contributed by atoms with Crippen LogP contribution in [0.4, 0.5) is 10.5 Å². The van der Waals surface area contributed by atoms with Gasteiger partial charge in [0.1, 0.15) is 0 Å². The average Bonchev–Trinajstić information content (AvgIpc) is 2.79. The molecule has 0 atom stereocenters. The predicted molar refractivity (Wildman–Crippen MR) is 121 cm³/mol. The van der Waals surface area contributed by atoms with Crippen molar-refractivity contribution in [2.45, 2.75) is 18.7 Å². The van der Waals surface area contributed by atoms with Crippen LogP contribution in [0.2, 0.25) is 0 Å². The number of piperazine rings is 1. The van der Waals surface area contributed by atoms with E-state index in [4.69, 9.17) is 4.74 Å². The Hall–Kier alpha value is -3.00. The molecule has 0 aliphatic carbocycles. The highest BCUT2D eigenvalue weighted by atomic mass is 32.2. The van der Waals surface area contributed by atoms with E-state index in [1.165, 1.54) is 17.3 Å². The molecule has 0 spiro atoms. The number of nitrogens with one attached hydrogen (secondary N) is 1. The second kappa shape index (κ2) is 10.9. The van der Waals surface area contributed by atoms with Crippen molar-refractivity contribution >= 4 is 35.4 Å². The summed E-state index contributed by atoms with van der Waals surface area (Å²) in [6, 6.07) is 15.0. The van der Waals surface area contributed by atoms with Gasteiger partial charge in [-0.3, -0.25) is 9.59 Å². The minimum atomic E-state index is -0.353. The van der Waals surface area contributed by atoms with Crippen molar-refractivity contribution in [1.29, 1.82) is 0 Å². The van der Waals surface area contributed by atoms with E-state index in [9.17, 15) is 14.4 Å². The second-order valence-corrected chi connectivity index (χ2v) is 8.22. The molecule has 0 saturated carbocycles. The molecule has 0 aromatic heterocycles. The first-order valence-corrected chi connectivity index (χ1v) is 11.3. The number of carbonyl (C=O) groups is 3. The van der Waals surface area contributed by atoms with Gasteiger partial charge in [-0.2, -0.15) is 0 Å². The van der Waals surface area contributed by atoms with Crippen LogP contribution in [-0.2, 0) is 9.53 Å². The van der Waals surface area contributed by atoms with E-state index in [0.717, 1.165) is 4.90 Å². The molecule has 0 bridgehead atoms. The van der Waals surface area contributed by atoms with Gasteiger partial charge in [-0.1, -0.05) is 29.8 Å². The zero-order valence-corrected chi connectivity index (χ0v) is 18.6. The Kier molecular flexibility index (Phi) is 7.94. The number of carbonyl (C=O) groups excluding carboxylic acids is 3. The van der Waals surface area contributed by atoms with Gasteiger partial charge in [0.2, 0.25) is 5.91 Å². The smallest absolute Gasteiger partial charge is 0.409 e. The summed E-state index contributed by atoms with van der Waals surface area (Å²) >= 11 is 1.45. The number of rotatable bonds is 6. The van der Waals surface area contributed by atoms with Crippen LogP contribution in [0.1, 0.15) is 22.8 Å².